The molecule has 0 aliphatic heterocycles. The van der Waals surface area contributed by atoms with E-state index in [-0.39, 0.29) is 28.3 Å². The smallest absolute Gasteiger partial charge is 0.337 e. The zero-order valence-electron chi connectivity index (χ0n) is 15.0. The average Bonchev–Trinajstić information content (AvgIpc) is 2.67. The fourth-order valence-electron chi connectivity index (χ4n) is 2.79. The number of rotatable bonds is 6. The van der Waals surface area contributed by atoms with E-state index in [1.54, 1.807) is 24.3 Å². The molecule has 0 unspecified atom stereocenters. The number of anilines is 1. The number of aromatic carboxylic acids is 1. The van der Waals surface area contributed by atoms with Crippen LogP contribution in [0.4, 0.5) is 10.1 Å². The van der Waals surface area contributed by atoms with Crippen LogP contribution in [-0.2, 0) is 16.6 Å². The zero-order chi connectivity index (χ0) is 20.3. The number of aryl methyl sites for hydroxylation is 1. The Labute approximate surface area is 162 Å². The molecule has 0 spiro atoms. The SMILES string of the molecule is Cc1ccc(S(=O)(=O)N(Cc2ccccc2F)c2ccccc2C(=O)O)cc1. The molecule has 0 bridgehead atoms. The molecular weight excluding hydrogens is 381 g/mol. The Morgan fingerprint density at radius 3 is 2.21 bits per heavy atom. The van der Waals surface area contributed by atoms with Gasteiger partial charge in [-0.15, -0.1) is 0 Å². The third-order valence-electron chi connectivity index (χ3n) is 4.28. The van der Waals surface area contributed by atoms with Gasteiger partial charge in [0.05, 0.1) is 22.7 Å². The van der Waals surface area contributed by atoms with Crippen molar-refractivity contribution in [2.75, 3.05) is 4.31 Å². The van der Waals surface area contributed by atoms with Gasteiger partial charge in [-0.05, 0) is 37.3 Å². The van der Waals surface area contributed by atoms with Crippen molar-refractivity contribution in [2.45, 2.75) is 18.4 Å². The molecule has 0 saturated heterocycles. The monoisotopic (exact) mass is 399 g/mol. The highest BCUT2D eigenvalue weighted by Crippen LogP contribution is 2.30. The molecule has 0 atom stereocenters. The maximum Gasteiger partial charge on any atom is 0.337 e. The summed E-state index contributed by atoms with van der Waals surface area (Å²) >= 11 is 0. The Morgan fingerprint density at radius 2 is 1.57 bits per heavy atom. The molecule has 0 aromatic heterocycles. The number of hydrogen-bond donors (Lipinski definition) is 1. The summed E-state index contributed by atoms with van der Waals surface area (Å²) in [6, 6.07) is 17.8. The fourth-order valence-corrected chi connectivity index (χ4v) is 4.25. The number of carboxylic acid groups (broad SMARTS) is 1. The molecule has 5 nitrogen and oxygen atoms in total. The Balaban J connectivity index is 2.19. The van der Waals surface area contributed by atoms with Crippen molar-refractivity contribution in [3.05, 3.63) is 95.3 Å². The first kappa shape index (κ1) is 19.6. The molecule has 0 amide bonds. The molecule has 0 aliphatic carbocycles. The Hall–Kier alpha value is -3.19. The van der Waals surface area contributed by atoms with Crippen molar-refractivity contribution >= 4 is 21.7 Å². The number of halogens is 1. The second kappa shape index (κ2) is 7.82. The summed E-state index contributed by atoms with van der Waals surface area (Å²) in [5.74, 6) is -1.84. The van der Waals surface area contributed by atoms with E-state index < -0.39 is 21.8 Å². The molecule has 144 valence electrons. The number of sulfonamides is 1. The van der Waals surface area contributed by atoms with Gasteiger partial charge in [0, 0.05) is 5.56 Å². The maximum atomic E-state index is 14.2. The van der Waals surface area contributed by atoms with E-state index in [0.717, 1.165) is 9.87 Å². The topological polar surface area (TPSA) is 74.7 Å². The second-order valence-corrected chi connectivity index (χ2v) is 8.10. The van der Waals surface area contributed by atoms with Gasteiger partial charge in [-0.25, -0.2) is 17.6 Å². The van der Waals surface area contributed by atoms with E-state index >= 15 is 0 Å². The Kier molecular flexibility index (Phi) is 5.46. The van der Waals surface area contributed by atoms with E-state index in [1.807, 2.05) is 6.92 Å². The van der Waals surface area contributed by atoms with Gasteiger partial charge in [0.15, 0.2) is 0 Å². The number of para-hydroxylation sites is 1. The number of hydrogen-bond acceptors (Lipinski definition) is 3. The second-order valence-electron chi connectivity index (χ2n) is 6.24. The van der Waals surface area contributed by atoms with Crippen molar-refractivity contribution in [2.24, 2.45) is 0 Å². The maximum absolute atomic E-state index is 14.2. The molecule has 0 saturated carbocycles. The first-order valence-electron chi connectivity index (χ1n) is 8.46. The van der Waals surface area contributed by atoms with E-state index in [2.05, 4.69) is 0 Å². The first-order valence-corrected chi connectivity index (χ1v) is 9.90. The number of benzene rings is 3. The predicted octanol–water partition coefficient (Wildman–Crippen LogP) is 4.23. The van der Waals surface area contributed by atoms with E-state index in [1.165, 1.54) is 48.5 Å². The van der Waals surface area contributed by atoms with Gasteiger partial charge in [0.2, 0.25) is 0 Å². The van der Waals surface area contributed by atoms with Crippen molar-refractivity contribution in [1.82, 2.24) is 0 Å². The van der Waals surface area contributed by atoms with Gasteiger partial charge in [-0.3, -0.25) is 4.31 Å². The highest BCUT2D eigenvalue weighted by molar-refractivity contribution is 7.92. The number of carbonyl (C=O) groups is 1. The van der Waals surface area contributed by atoms with Crippen LogP contribution in [0.1, 0.15) is 21.5 Å². The van der Waals surface area contributed by atoms with Crippen LogP contribution in [0.5, 0.6) is 0 Å². The molecule has 0 aliphatic rings. The summed E-state index contributed by atoms with van der Waals surface area (Å²) in [5, 5.41) is 9.51. The number of nitrogens with zero attached hydrogens (tertiary/aromatic N) is 1. The summed E-state index contributed by atoms with van der Waals surface area (Å²) in [6.45, 7) is 1.49. The third-order valence-corrected chi connectivity index (χ3v) is 6.06. The van der Waals surface area contributed by atoms with E-state index in [9.17, 15) is 22.7 Å². The standard InChI is InChI=1S/C21H18FNO4S/c1-15-10-12-17(13-11-15)28(26,27)23(14-16-6-2-4-8-19(16)22)20-9-5-3-7-18(20)21(24)25/h2-13H,14H2,1H3,(H,24,25). The molecule has 28 heavy (non-hydrogen) atoms. The van der Waals surface area contributed by atoms with Gasteiger partial charge >= 0.3 is 5.97 Å². The van der Waals surface area contributed by atoms with Gasteiger partial charge in [0.1, 0.15) is 5.82 Å². The lowest BCUT2D eigenvalue weighted by Gasteiger charge is -2.26. The lowest BCUT2D eigenvalue weighted by Crippen LogP contribution is -2.32. The Morgan fingerprint density at radius 1 is 0.964 bits per heavy atom. The summed E-state index contributed by atoms with van der Waals surface area (Å²) in [6.07, 6.45) is 0. The molecule has 7 heteroatoms. The summed E-state index contributed by atoms with van der Waals surface area (Å²) in [4.78, 5) is 11.7. The molecule has 3 aromatic rings. The lowest BCUT2D eigenvalue weighted by molar-refractivity contribution is 0.0697. The van der Waals surface area contributed by atoms with Crippen LogP contribution in [-0.4, -0.2) is 19.5 Å². The molecule has 0 fully saturated rings. The van der Waals surface area contributed by atoms with Crippen molar-refractivity contribution in [3.8, 4) is 0 Å². The molecule has 0 heterocycles. The minimum Gasteiger partial charge on any atom is -0.478 e. The highest BCUT2D eigenvalue weighted by Gasteiger charge is 2.29. The molecular formula is C21H18FNO4S. The van der Waals surface area contributed by atoms with Crippen molar-refractivity contribution < 1.29 is 22.7 Å². The van der Waals surface area contributed by atoms with E-state index in [4.69, 9.17) is 0 Å². The van der Waals surface area contributed by atoms with Crippen LogP contribution in [0.2, 0.25) is 0 Å². The van der Waals surface area contributed by atoms with Crippen LogP contribution in [0, 0.1) is 12.7 Å². The minimum absolute atomic E-state index is 0.00497. The van der Waals surface area contributed by atoms with Crippen LogP contribution in [0.3, 0.4) is 0 Å². The normalized spacial score (nSPS) is 11.2. The summed E-state index contributed by atoms with van der Waals surface area (Å²) in [7, 11) is -4.14. The highest BCUT2D eigenvalue weighted by atomic mass is 32.2. The minimum atomic E-state index is -4.14. The van der Waals surface area contributed by atoms with Gasteiger partial charge in [-0.2, -0.15) is 0 Å². The van der Waals surface area contributed by atoms with Crippen LogP contribution < -0.4 is 4.31 Å². The summed E-state index contributed by atoms with van der Waals surface area (Å²) in [5.41, 5.74) is 0.803. The molecule has 1 N–H and O–H groups in total. The van der Waals surface area contributed by atoms with Crippen LogP contribution >= 0.6 is 0 Å². The molecule has 3 aromatic carbocycles. The quantitative estimate of drug-likeness (QED) is 0.673. The molecule has 0 radical (unpaired) electrons. The van der Waals surface area contributed by atoms with E-state index in [0.29, 0.717) is 0 Å². The van der Waals surface area contributed by atoms with Crippen LogP contribution in [0.15, 0.2) is 77.7 Å². The van der Waals surface area contributed by atoms with Crippen LogP contribution in [0.25, 0.3) is 0 Å². The lowest BCUT2D eigenvalue weighted by atomic mass is 10.1. The van der Waals surface area contributed by atoms with Crippen molar-refractivity contribution in [1.29, 1.82) is 0 Å². The zero-order valence-corrected chi connectivity index (χ0v) is 15.9. The molecule has 3 rings (SSSR count). The van der Waals surface area contributed by atoms with Gasteiger partial charge in [0.25, 0.3) is 10.0 Å². The predicted molar refractivity (Wildman–Crippen MR) is 104 cm³/mol. The largest absolute Gasteiger partial charge is 0.478 e. The van der Waals surface area contributed by atoms with Crippen molar-refractivity contribution in [3.63, 3.8) is 0 Å². The Bertz CT molecular complexity index is 1110. The number of carboxylic acids is 1. The first-order chi connectivity index (χ1) is 13.3. The fraction of sp³-hybridized carbons (Fsp3) is 0.0952. The van der Waals surface area contributed by atoms with Gasteiger partial charge in [-0.1, -0.05) is 48.0 Å². The third kappa shape index (κ3) is 3.89. The average molecular weight is 399 g/mol. The summed E-state index contributed by atoms with van der Waals surface area (Å²) < 4.78 is 41.9. The van der Waals surface area contributed by atoms with Gasteiger partial charge < -0.3 is 5.11 Å².